The molecule has 582 valence electrons. The van der Waals surface area contributed by atoms with Crippen LogP contribution in [0.3, 0.4) is 0 Å². The summed E-state index contributed by atoms with van der Waals surface area (Å²) in [5, 5.41) is 100. The summed E-state index contributed by atoms with van der Waals surface area (Å²) < 4.78 is 68.6. The number of allylic oxidation sites excluding steroid dienone is 4. The van der Waals surface area contributed by atoms with Gasteiger partial charge >= 0.3 is 19.8 Å². The fraction of sp³-hybridized carbons (Fsp3) is 0.873. The largest absolute Gasteiger partial charge is 0.472 e. The summed E-state index contributed by atoms with van der Waals surface area (Å²) in [5.74, 6) is -2.12. The van der Waals surface area contributed by atoms with Crippen LogP contribution in [0.1, 0.15) is 245 Å². The van der Waals surface area contributed by atoms with Gasteiger partial charge < -0.3 is 99.4 Å². The number of ketones is 1. The first-order valence-electron chi connectivity index (χ1n) is 37.3. The number of nitrogens with one attached hydrogen (secondary N) is 2. The molecule has 29 heteroatoms. The number of carbonyl (C=O) groups excluding carboxylic acids is 5. The molecule has 0 aromatic rings. The van der Waals surface area contributed by atoms with Crippen LogP contribution in [0, 0.1) is 0 Å². The van der Waals surface area contributed by atoms with Gasteiger partial charge in [-0.25, -0.2) is 4.57 Å². The lowest BCUT2D eigenvalue weighted by Gasteiger charge is -2.48. The molecule has 3 fully saturated rings. The molecular formula is C71H127N2O26P. The van der Waals surface area contributed by atoms with Crippen LogP contribution in [0.4, 0.5) is 0 Å². The van der Waals surface area contributed by atoms with Crippen molar-refractivity contribution in [3.05, 3.63) is 24.3 Å². The van der Waals surface area contributed by atoms with Crippen molar-refractivity contribution in [1.29, 1.82) is 0 Å². The Hall–Kier alpha value is -3.46. The number of esters is 2. The summed E-state index contributed by atoms with van der Waals surface area (Å²) in [7, 11) is -4.69. The Balaban J connectivity index is 1.37. The minimum absolute atomic E-state index is 0.0217. The number of amides is 2. The van der Waals surface area contributed by atoms with Crippen LogP contribution in [0.5, 0.6) is 0 Å². The molecule has 3 aliphatic rings. The van der Waals surface area contributed by atoms with E-state index >= 15 is 0 Å². The van der Waals surface area contributed by atoms with Gasteiger partial charge in [0.2, 0.25) is 11.8 Å². The molecule has 12 N–H and O–H groups in total. The standard InChI is InChI=1S/C71H127N2O26P/c1-4-6-8-10-12-14-16-18-20-22-24-26-28-30-32-41-58(80)91-49-53(94-59(81)42-33-31-29-27-25-23-21-19-17-15-13-11-9-7-5-2)50-93-100(88,89)92-45-36-39-52(78)38-34-35-40-57(79)72-43-37-44-90-69-60(73-51(3)77)63(84)67(56(48-76)97-69)98-71-66(87)68(62(83)55(47-75)96-71)99-70-65(86)64(85)61(82)54(46-74)95-70/h18-21,53-56,60-71,74-76,82-87H,4-17,22-50H2,1-3H3,(H,72,79)(H,73,77)(H,88,89)/b20-18-,21-19-/t53?,54?,55?,56?,60?,61-,62-,63+,64-,65?,66?,67+,68-,69+,70+,71-/m0/s1. The molecule has 28 nitrogen and oxygen atoms in total. The average molecular weight is 1460 g/mol. The summed E-state index contributed by atoms with van der Waals surface area (Å²) in [6.07, 6.45) is 14.6. The van der Waals surface area contributed by atoms with Gasteiger partial charge in [0.25, 0.3) is 0 Å². The first kappa shape index (κ1) is 90.8. The van der Waals surface area contributed by atoms with Gasteiger partial charge in [-0.05, 0) is 89.9 Å². The van der Waals surface area contributed by atoms with Crippen LogP contribution >= 0.6 is 7.82 Å². The Labute approximate surface area is 592 Å². The number of rotatable bonds is 59. The molecule has 3 rings (SSSR count). The Morgan fingerprint density at radius 2 is 0.940 bits per heavy atom. The molecule has 3 heterocycles. The Morgan fingerprint density at radius 1 is 0.470 bits per heavy atom. The Morgan fingerprint density at radius 3 is 1.49 bits per heavy atom. The molecule has 0 aliphatic carbocycles. The quantitative estimate of drug-likeness (QED) is 0.0131. The van der Waals surface area contributed by atoms with Crippen molar-refractivity contribution in [2.45, 2.75) is 344 Å². The molecular weight excluding hydrogens is 1330 g/mol. The number of Topliss-reactive ketones (excluding diaryl/α,β-unsaturated/α-hetero) is 1. The number of hydrogen-bond donors (Lipinski definition) is 12. The van der Waals surface area contributed by atoms with Crippen molar-refractivity contribution in [1.82, 2.24) is 10.6 Å². The third-order valence-electron chi connectivity index (χ3n) is 17.8. The molecule has 0 bridgehead atoms. The van der Waals surface area contributed by atoms with Gasteiger partial charge in [0, 0.05) is 45.6 Å². The number of ether oxygens (including phenoxy) is 8. The zero-order chi connectivity index (χ0) is 73.3. The van der Waals surface area contributed by atoms with Crippen LogP contribution in [0.15, 0.2) is 24.3 Å². The highest BCUT2D eigenvalue weighted by molar-refractivity contribution is 7.47. The number of phosphoric ester groups is 1. The third kappa shape index (κ3) is 38.5. The minimum Gasteiger partial charge on any atom is -0.462 e. The lowest BCUT2D eigenvalue weighted by atomic mass is 9.95. The van der Waals surface area contributed by atoms with Crippen molar-refractivity contribution < 1.29 is 126 Å². The molecule has 17 atom stereocenters. The maximum absolute atomic E-state index is 13.0. The zero-order valence-electron chi connectivity index (χ0n) is 59.9. The summed E-state index contributed by atoms with van der Waals surface area (Å²) in [6, 6.07) is -1.36. The average Bonchev–Trinajstić information content (AvgIpc) is 0.781. The smallest absolute Gasteiger partial charge is 0.462 e. The molecule has 0 spiro atoms. The zero-order valence-corrected chi connectivity index (χ0v) is 60.8. The number of carbonyl (C=O) groups is 5. The Kier molecular flexibility index (Phi) is 50.0. The van der Waals surface area contributed by atoms with E-state index < -0.39 is 150 Å². The predicted molar refractivity (Wildman–Crippen MR) is 368 cm³/mol. The first-order chi connectivity index (χ1) is 48.2. The fourth-order valence-corrected chi connectivity index (χ4v) is 12.7. The second-order valence-electron chi connectivity index (χ2n) is 26.5. The van der Waals surface area contributed by atoms with Gasteiger partial charge in [-0.15, -0.1) is 0 Å². The second-order valence-corrected chi connectivity index (χ2v) is 28.0. The topological polar surface area (TPSA) is 421 Å². The van der Waals surface area contributed by atoms with E-state index in [2.05, 4.69) is 48.8 Å². The van der Waals surface area contributed by atoms with Gasteiger partial charge in [0.15, 0.2) is 25.0 Å². The van der Waals surface area contributed by atoms with Crippen LogP contribution < -0.4 is 10.6 Å². The first-order valence-corrected chi connectivity index (χ1v) is 38.8. The minimum atomic E-state index is -4.69. The van der Waals surface area contributed by atoms with E-state index in [-0.39, 0.29) is 83.0 Å². The SMILES string of the molecule is CCCCCCCC/C=C\CCCCCCCC(=O)OCC(COP(=O)(O)OCCCC(=O)CCCCC(=O)NCCCO[C@@H]1OC(CO)[C@@H](O[C@@H]2OC(CO)[C@H](O)[C@H](O[C@H]3OC(CO)[C@H](O)[C@H](O)C3O)C2O)[C@H](O)C1NC(C)=O)OC(=O)CCCCCCC/C=C\CCCCCCCC. The van der Waals surface area contributed by atoms with E-state index in [0.29, 0.717) is 25.7 Å². The van der Waals surface area contributed by atoms with Crippen molar-refractivity contribution >= 4 is 37.4 Å². The van der Waals surface area contributed by atoms with Gasteiger partial charge in [-0.1, -0.05) is 141 Å². The summed E-state index contributed by atoms with van der Waals surface area (Å²) >= 11 is 0. The lowest BCUT2D eigenvalue weighted by Crippen LogP contribution is -2.68. The molecule has 0 radical (unpaired) electrons. The highest BCUT2D eigenvalue weighted by atomic mass is 31.2. The highest BCUT2D eigenvalue weighted by Crippen LogP contribution is 2.43. The summed E-state index contributed by atoms with van der Waals surface area (Å²) in [5.41, 5.74) is 0. The highest BCUT2D eigenvalue weighted by Gasteiger charge is 2.54. The third-order valence-corrected chi connectivity index (χ3v) is 18.8. The second kappa shape index (κ2) is 55.1. The normalized spacial score (nSPS) is 26.6. The summed E-state index contributed by atoms with van der Waals surface area (Å²) in [6.45, 7) is 1.91. The van der Waals surface area contributed by atoms with Crippen molar-refractivity contribution in [3.8, 4) is 0 Å². The maximum atomic E-state index is 13.0. The van der Waals surface area contributed by atoms with Crippen molar-refractivity contribution in [2.24, 2.45) is 0 Å². The Bertz CT molecular complexity index is 2290. The van der Waals surface area contributed by atoms with E-state index in [4.69, 9.17) is 46.9 Å². The number of unbranched alkanes of at least 4 members (excludes halogenated alkanes) is 23. The van der Waals surface area contributed by atoms with Crippen LogP contribution in [0.2, 0.25) is 0 Å². The molecule has 3 aliphatic heterocycles. The van der Waals surface area contributed by atoms with Crippen molar-refractivity contribution in [2.75, 3.05) is 52.8 Å². The monoisotopic (exact) mass is 1450 g/mol. The molecule has 0 saturated carbocycles. The summed E-state index contributed by atoms with van der Waals surface area (Å²) in [4.78, 5) is 74.0. The van der Waals surface area contributed by atoms with E-state index in [1.54, 1.807) is 0 Å². The molecule has 0 aromatic carbocycles. The van der Waals surface area contributed by atoms with E-state index in [0.717, 1.165) is 84.0 Å². The predicted octanol–water partition coefficient (Wildman–Crippen LogP) is 6.67. The van der Waals surface area contributed by atoms with E-state index in [9.17, 15) is 79.4 Å². The van der Waals surface area contributed by atoms with Crippen LogP contribution in [-0.2, 0) is 75.5 Å². The number of phosphoric acid groups is 1. The van der Waals surface area contributed by atoms with Gasteiger partial charge in [-0.3, -0.25) is 33.0 Å². The van der Waals surface area contributed by atoms with Gasteiger partial charge in [0.1, 0.15) is 85.6 Å². The van der Waals surface area contributed by atoms with E-state index in [1.807, 2.05) is 0 Å². The molecule has 100 heavy (non-hydrogen) atoms. The number of aliphatic hydroxyl groups excluding tert-OH is 9. The molecule has 0 aromatic heterocycles. The fourth-order valence-electron chi connectivity index (χ4n) is 11.9. The molecule has 2 amide bonds. The van der Waals surface area contributed by atoms with Crippen LogP contribution in [-0.4, -0.2) is 231 Å². The lowest BCUT2D eigenvalue weighted by molar-refractivity contribution is -0.376. The van der Waals surface area contributed by atoms with Gasteiger partial charge in [-0.2, -0.15) is 0 Å². The van der Waals surface area contributed by atoms with E-state index in [1.165, 1.54) is 77.0 Å². The number of aliphatic hydroxyl groups is 9. The molecule has 3 saturated heterocycles. The van der Waals surface area contributed by atoms with Gasteiger partial charge in [0.05, 0.1) is 39.6 Å². The number of hydrogen-bond acceptors (Lipinski definition) is 25. The van der Waals surface area contributed by atoms with Crippen LogP contribution in [0.25, 0.3) is 0 Å². The van der Waals surface area contributed by atoms with Crippen molar-refractivity contribution in [3.63, 3.8) is 0 Å². The maximum Gasteiger partial charge on any atom is 0.472 e. The molecule has 8 unspecified atom stereocenters.